The highest BCUT2D eigenvalue weighted by atomic mass is 32.2. The number of aliphatic hydroxyl groups excluding tert-OH is 1. The normalized spacial score (nSPS) is 19.4. The Morgan fingerprint density at radius 1 is 1.31 bits per heavy atom. The van der Waals surface area contributed by atoms with Crippen LogP contribution in [0.2, 0.25) is 0 Å². The van der Waals surface area contributed by atoms with E-state index in [-0.39, 0.29) is 6.10 Å². The number of rotatable bonds is 1. The predicted molar refractivity (Wildman–Crippen MR) is 62.2 cm³/mol. The molecule has 0 fully saturated rings. The molecule has 1 aromatic carbocycles. The van der Waals surface area contributed by atoms with Crippen molar-refractivity contribution >= 4 is 11.8 Å². The minimum Gasteiger partial charge on any atom is -0.390 e. The quantitative estimate of drug-likeness (QED) is 0.809. The first-order chi connectivity index (χ1) is 7.83. The van der Waals surface area contributed by atoms with Crippen LogP contribution in [0, 0.1) is 0 Å². The van der Waals surface area contributed by atoms with Gasteiger partial charge in [0.25, 0.3) is 0 Å². The Morgan fingerprint density at radius 2 is 2.12 bits per heavy atom. The van der Waals surface area contributed by atoms with Gasteiger partial charge in [-0.05, 0) is 0 Å². The second kappa shape index (κ2) is 3.92. The Balaban J connectivity index is 1.99. The zero-order valence-electron chi connectivity index (χ0n) is 8.58. The number of benzene rings is 1. The molecule has 82 valence electrons. The molecule has 1 aromatic heterocycles. The molecule has 0 saturated carbocycles. The van der Waals surface area contributed by atoms with E-state index in [2.05, 4.69) is 10.1 Å². The van der Waals surface area contributed by atoms with Crippen molar-refractivity contribution in [1.82, 2.24) is 14.8 Å². The Labute approximate surface area is 97.3 Å². The fourth-order valence-corrected chi connectivity index (χ4v) is 2.55. The standard InChI is InChI=1S/C11H11N3OS/c15-9-6-14-11(16-7-9)12-10(13-14)8-4-2-1-3-5-8/h1-5,9,15H,6-7H2/t9-/m1/s1. The van der Waals surface area contributed by atoms with Gasteiger partial charge in [0.15, 0.2) is 11.0 Å². The monoisotopic (exact) mass is 233 g/mol. The van der Waals surface area contributed by atoms with Crippen LogP contribution in [0.25, 0.3) is 11.4 Å². The van der Waals surface area contributed by atoms with Crippen LogP contribution in [0.3, 0.4) is 0 Å². The van der Waals surface area contributed by atoms with E-state index in [0.29, 0.717) is 12.3 Å². The first-order valence-corrected chi connectivity index (χ1v) is 6.12. The first kappa shape index (κ1) is 9.86. The van der Waals surface area contributed by atoms with E-state index in [0.717, 1.165) is 16.5 Å². The van der Waals surface area contributed by atoms with Crippen molar-refractivity contribution in [3.8, 4) is 11.4 Å². The average molecular weight is 233 g/mol. The second-order valence-electron chi connectivity index (χ2n) is 3.73. The van der Waals surface area contributed by atoms with Crippen molar-refractivity contribution in [3.05, 3.63) is 30.3 Å². The van der Waals surface area contributed by atoms with Crippen LogP contribution in [0.15, 0.2) is 35.5 Å². The van der Waals surface area contributed by atoms with Gasteiger partial charge in [-0.25, -0.2) is 9.67 Å². The molecular formula is C11H11N3OS. The molecule has 1 N–H and O–H groups in total. The third-order valence-corrected chi connectivity index (χ3v) is 3.57. The van der Waals surface area contributed by atoms with Gasteiger partial charge in [0.2, 0.25) is 0 Å². The Kier molecular flexibility index (Phi) is 2.41. The van der Waals surface area contributed by atoms with Gasteiger partial charge in [0, 0.05) is 11.3 Å². The maximum Gasteiger partial charge on any atom is 0.186 e. The SMILES string of the molecule is O[C@H]1CSc2nc(-c3ccccc3)nn2C1. The molecule has 0 aliphatic carbocycles. The summed E-state index contributed by atoms with van der Waals surface area (Å²) in [7, 11) is 0. The summed E-state index contributed by atoms with van der Waals surface area (Å²) < 4.78 is 1.78. The van der Waals surface area contributed by atoms with Crippen molar-refractivity contribution in [2.24, 2.45) is 0 Å². The van der Waals surface area contributed by atoms with Gasteiger partial charge in [-0.15, -0.1) is 5.10 Å². The third kappa shape index (κ3) is 1.72. The molecule has 0 bridgehead atoms. The summed E-state index contributed by atoms with van der Waals surface area (Å²) in [6.45, 7) is 0.544. The molecule has 4 nitrogen and oxygen atoms in total. The fraction of sp³-hybridized carbons (Fsp3) is 0.273. The van der Waals surface area contributed by atoms with Crippen molar-refractivity contribution < 1.29 is 5.11 Å². The summed E-state index contributed by atoms with van der Waals surface area (Å²) in [6.07, 6.45) is -0.317. The second-order valence-corrected chi connectivity index (χ2v) is 4.72. The lowest BCUT2D eigenvalue weighted by Gasteiger charge is -2.16. The molecule has 1 aliphatic rings. The smallest absolute Gasteiger partial charge is 0.186 e. The molecule has 0 amide bonds. The zero-order chi connectivity index (χ0) is 11.0. The van der Waals surface area contributed by atoms with Gasteiger partial charge in [0.05, 0.1) is 12.6 Å². The number of aliphatic hydroxyl groups is 1. The Bertz CT molecular complexity index is 497. The molecule has 0 spiro atoms. The molecule has 5 heteroatoms. The van der Waals surface area contributed by atoms with E-state index in [1.54, 1.807) is 16.4 Å². The Morgan fingerprint density at radius 3 is 2.94 bits per heavy atom. The van der Waals surface area contributed by atoms with E-state index in [1.165, 1.54) is 0 Å². The van der Waals surface area contributed by atoms with Crippen LogP contribution in [-0.4, -0.2) is 31.7 Å². The molecule has 0 radical (unpaired) electrons. The third-order valence-electron chi connectivity index (χ3n) is 2.46. The maximum absolute atomic E-state index is 9.53. The van der Waals surface area contributed by atoms with E-state index in [4.69, 9.17) is 0 Å². The minimum atomic E-state index is -0.317. The van der Waals surface area contributed by atoms with Crippen molar-refractivity contribution in [2.45, 2.75) is 17.8 Å². The number of hydrogen-bond donors (Lipinski definition) is 1. The molecule has 16 heavy (non-hydrogen) atoms. The van der Waals surface area contributed by atoms with Crippen LogP contribution in [0.5, 0.6) is 0 Å². The lowest BCUT2D eigenvalue weighted by atomic mass is 10.2. The summed E-state index contributed by atoms with van der Waals surface area (Å²) in [5.74, 6) is 1.43. The van der Waals surface area contributed by atoms with Crippen LogP contribution in [-0.2, 0) is 6.54 Å². The van der Waals surface area contributed by atoms with Gasteiger partial charge in [0.1, 0.15) is 0 Å². The molecule has 2 heterocycles. The van der Waals surface area contributed by atoms with Gasteiger partial charge >= 0.3 is 0 Å². The van der Waals surface area contributed by atoms with E-state index >= 15 is 0 Å². The van der Waals surface area contributed by atoms with Crippen molar-refractivity contribution in [3.63, 3.8) is 0 Å². The van der Waals surface area contributed by atoms with E-state index in [9.17, 15) is 5.11 Å². The molecule has 1 aliphatic heterocycles. The minimum absolute atomic E-state index is 0.317. The summed E-state index contributed by atoms with van der Waals surface area (Å²) in [5, 5.41) is 14.8. The first-order valence-electron chi connectivity index (χ1n) is 5.14. The van der Waals surface area contributed by atoms with Crippen LogP contribution >= 0.6 is 11.8 Å². The number of aromatic nitrogens is 3. The molecule has 1 atom stereocenters. The molecular weight excluding hydrogens is 222 g/mol. The predicted octanol–water partition coefficient (Wildman–Crippen LogP) is 1.41. The number of hydrogen-bond acceptors (Lipinski definition) is 4. The van der Waals surface area contributed by atoms with Gasteiger partial charge in [-0.1, -0.05) is 42.1 Å². The van der Waals surface area contributed by atoms with Crippen LogP contribution in [0.4, 0.5) is 0 Å². The largest absolute Gasteiger partial charge is 0.390 e. The number of thioether (sulfide) groups is 1. The summed E-state index contributed by atoms with van der Waals surface area (Å²) in [4.78, 5) is 4.46. The molecule has 0 saturated heterocycles. The number of nitrogens with zero attached hydrogens (tertiary/aromatic N) is 3. The van der Waals surface area contributed by atoms with Crippen LogP contribution in [0.1, 0.15) is 0 Å². The van der Waals surface area contributed by atoms with E-state index in [1.807, 2.05) is 30.3 Å². The van der Waals surface area contributed by atoms with Gasteiger partial charge in [-0.3, -0.25) is 0 Å². The lowest BCUT2D eigenvalue weighted by Crippen LogP contribution is -2.24. The maximum atomic E-state index is 9.53. The van der Waals surface area contributed by atoms with Crippen molar-refractivity contribution in [1.29, 1.82) is 0 Å². The zero-order valence-corrected chi connectivity index (χ0v) is 9.39. The lowest BCUT2D eigenvalue weighted by molar-refractivity contribution is 0.164. The highest BCUT2D eigenvalue weighted by Crippen LogP contribution is 2.25. The molecule has 3 rings (SSSR count). The van der Waals surface area contributed by atoms with Crippen LogP contribution < -0.4 is 0 Å². The average Bonchev–Trinajstić information content (AvgIpc) is 2.73. The summed E-state index contributed by atoms with van der Waals surface area (Å²) >= 11 is 1.55. The van der Waals surface area contributed by atoms with E-state index < -0.39 is 0 Å². The number of fused-ring (bicyclic) bond motifs is 1. The molecule has 2 aromatic rings. The highest BCUT2D eigenvalue weighted by Gasteiger charge is 2.20. The van der Waals surface area contributed by atoms with Crippen molar-refractivity contribution in [2.75, 3.05) is 5.75 Å². The Hall–Kier alpha value is -1.33. The summed E-state index contributed by atoms with van der Waals surface area (Å²) in [6, 6.07) is 9.89. The fourth-order valence-electron chi connectivity index (χ4n) is 1.69. The van der Waals surface area contributed by atoms with Gasteiger partial charge < -0.3 is 5.11 Å². The molecule has 0 unspecified atom stereocenters. The summed E-state index contributed by atoms with van der Waals surface area (Å²) in [5.41, 5.74) is 1.01. The topological polar surface area (TPSA) is 50.9 Å². The van der Waals surface area contributed by atoms with Gasteiger partial charge in [-0.2, -0.15) is 0 Å². The highest BCUT2D eigenvalue weighted by molar-refractivity contribution is 7.99.